The summed E-state index contributed by atoms with van der Waals surface area (Å²) >= 11 is 1.39. The van der Waals surface area contributed by atoms with Crippen LogP contribution in [0.5, 0.6) is 0 Å². The molecule has 0 aliphatic rings. The maximum Gasteiger partial charge on any atom is 0.328 e. The number of ketones is 1. The van der Waals surface area contributed by atoms with E-state index in [2.05, 4.69) is 0 Å². The lowest BCUT2D eigenvalue weighted by atomic mass is 9.84. The van der Waals surface area contributed by atoms with Crippen LogP contribution in [0.25, 0.3) is 0 Å². The van der Waals surface area contributed by atoms with Crippen molar-refractivity contribution in [3.63, 3.8) is 0 Å². The number of carboxylic acid groups (broad SMARTS) is 1. The lowest BCUT2D eigenvalue weighted by molar-refractivity contribution is -0.141. The minimum atomic E-state index is -1.52. The molecule has 0 aliphatic carbocycles. The van der Waals surface area contributed by atoms with E-state index in [0.717, 1.165) is 16.7 Å². The zero-order valence-corrected chi connectivity index (χ0v) is 16.0. The number of thioether (sulfide) groups is 1. The monoisotopic (exact) mass is 391 g/mol. The Bertz CT molecular complexity index is 833. The minimum Gasteiger partial charge on any atom is -0.480 e. The standard InChI is InChI=1S/C23H21NO3S/c24-21(22(26)27)20(25)16-28-23(17-10-4-1-5-11-17,18-12-6-2-7-13-18)19-14-8-3-9-15-19/h1-15,21H,16,24H2,(H,26,27)/t21-/m0/s1. The lowest BCUT2D eigenvalue weighted by Crippen LogP contribution is -2.40. The summed E-state index contributed by atoms with van der Waals surface area (Å²) < 4.78 is -0.669. The van der Waals surface area contributed by atoms with E-state index in [9.17, 15) is 9.59 Å². The molecule has 3 N–H and O–H groups in total. The van der Waals surface area contributed by atoms with Gasteiger partial charge in [0.1, 0.15) is 0 Å². The van der Waals surface area contributed by atoms with E-state index < -0.39 is 22.5 Å². The highest BCUT2D eigenvalue weighted by atomic mass is 32.2. The van der Waals surface area contributed by atoms with E-state index in [4.69, 9.17) is 10.8 Å². The van der Waals surface area contributed by atoms with Crippen LogP contribution in [0.4, 0.5) is 0 Å². The van der Waals surface area contributed by atoms with Gasteiger partial charge in [-0.3, -0.25) is 9.59 Å². The molecule has 0 bridgehead atoms. The van der Waals surface area contributed by atoms with Gasteiger partial charge in [0.05, 0.1) is 10.5 Å². The number of rotatable bonds is 8. The van der Waals surface area contributed by atoms with Crippen molar-refractivity contribution < 1.29 is 14.7 Å². The summed E-state index contributed by atoms with van der Waals surface area (Å²) in [6.45, 7) is 0. The molecule has 0 aliphatic heterocycles. The Labute approximate surface area is 168 Å². The van der Waals surface area contributed by atoms with Gasteiger partial charge in [0.15, 0.2) is 11.8 Å². The number of hydrogen-bond acceptors (Lipinski definition) is 4. The number of Topliss-reactive ketones (excluding diaryl/α,β-unsaturated/α-hetero) is 1. The molecule has 3 aromatic rings. The second-order valence-electron chi connectivity index (χ2n) is 6.35. The van der Waals surface area contributed by atoms with Crippen molar-refractivity contribution in [3.8, 4) is 0 Å². The molecule has 0 unspecified atom stereocenters. The predicted molar refractivity (Wildman–Crippen MR) is 112 cm³/mol. The van der Waals surface area contributed by atoms with Crippen LogP contribution in [0, 0.1) is 0 Å². The molecule has 3 rings (SSSR count). The predicted octanol–water partition coefficient (Wildman–Crippen LogP) is 3.69. The fourth-order valence-corrected chi connectivity index (χ4v) is 4.62. The Kier molecular flexibility index (Phi) is 6.29. The van der Waals surface area contributed by atoms with Gasteiger partial charge in [-0.25, -0.2) is 0 Å². The van der Waals surface area contributed by atoms with Crippen LogP contribution in [-0.4, -0.2) is 28.7 Å². The van der Waals surface area contributed by atoms with Gasteiger partial charge in [-0.2, -0.15) is 0 Å². The quantitative estimate of drug-likeness (QED) is 0.452. The molecule has 142 valence electrons. The Morgan fingerprint density at radius 2 is 1.14 bits per heavy atom. The summed E-state index contributed by atoms with van der Waals surface area (Å²) in [6.07, 6.45) is 0. The van der Waals surface area contributed by atoms with Crippen molar-refractivity contribution in [2.45, 2.75) is 10.8 Å². The van der Waals surface area contributed by atoms with Crippen LogP contribution in [0.2, 0.25) is 0 Å². The maximum atomic E-state index is 12.4. The molecule has 0 spiro atoms. The summed E-state index contributed by atoms with van der Waals surface area (Å²) in [5, 5.41) is 9.08. The van der Waals surface area contributed by atoms with E-state index in [0.29, 0.717) is 0 Å². The Morgan fingerprint density at radius 3 is 1.46 bits per heavy atom. The third-order valence-corrected chi connectivity index (χ3v) is 6.15. The van der Waals surface area contributed by atoms with Crippen molar-refractivity contribution >= 4 is 23.5 Å². The number of carboxylic acids is 1. The van der Waals surface area contributed by atoms with Crippen LogP contribution in [0.3, 0.4) is 0 Å². The number of hydrogen-bond donors (Lipinski definition) is 2. The third-order valence-electron chi connectivity index (χ3n) is 4.58. The van der Waals surface area contributed by atoms with Gasteiger partial charge in [-0.1, -0.05) is 91.0 Å². The third kappa shape index (κ3) is 4.01. The van der Waals surface area contributed by atoms with E-state index in [-0.39, 0.29) is 5.75 Å². The molecule has 3 aromatic carbocycles. The summed E-state index contributed by atoms with van der Waals surface area (Å²) in [5.74, 6) is -1.84. The van der Waals surface area contributed by atoms with Crippen LogP contribution >= 0.6 is 11.8 Å². The zero-order chi connectivity index (χ0) is 20.0. The van der Waals surface area contributed by atoms with Gasteiger partial charge < -0.3 is 10.8 Å². The highest BCUT2D eigenvalue weighted by molar-refractivity contribution is 8.01. The highest BCUT2D eigenvalue weighted by Gasteiger charge is 2.38. The van der Waals surface area contributed by atoms with Gasteiger partial charge in [-0.05, 0) is 16.7 Å². The molecular formula is C23H21NO3S. The number of aliphatic carboxylic acids is 1. The first-order valence-electron chi connectivity index (χ1n) is 8.87. The van der Waals surface area contributed by atoms with Gasteiger partial charge >= 0.3 is 5.97 Å². The van der Waals surface area contributed by atoms with Crippen LogP contribution in [0.1, 0.15) is 16.7 Å². The molecule has 0 saturated carbocycles. The molecule has 0 aromatic heterocycles. The second kappa shape index (κ2) is 8.87. The van der Waals surface area contributed by atoms with E-state index >= 15 is 0 Å². The Balaban J connectivity index is 2.14. The molecule has 5 heteroatoms. The van der Waals surface area contributed by atoms with Crippen molar-refractivity contribution in [2.75, 3.05) is 5.75 Å². The first kappa shape index (κ1) is 19.9. The van der Waals surface area contributed by atoms with Crippen LogP contribution in [0.15, 0.2) is 91.0 Å². The van der Waals surface area contributed by atoms with Gasteiger partial charge in [0.25, 0.3) is 0 Å². The van der Waals surface area contributed by atoms with Gasteiger partial charge in [-0.15, -0.1) is 11.8 Å². The number of carbonyl (C=O) groups is 2. The number of nitrogens with two attached hydrogens (primary N) is 1. The van der Waals surface area contributed by atoms with E-state index in [1.54, 1.807) is 0 Å². The molecule has 4 nitrogen and oxygen atoms in total. The smallest absolute Gasteiger partial charge is 0.328 e. The highest BCUT2D eigenvalue weighted by Crippen LogP contribution is 2.48. The largest absolute Gasteiger partial charge is 0.480 e. The van der Waals surface area contributed by atoms with Gasteiger partial charge in [0.2, 0.25) is 0 Å². The molecule has 1 atom stereocenters. The van der Waals surface area contributed by atoms with Crippen molar-refractivity contribution in [3.05, 3.63) is 108 Å². The number of carbonyl (C=O) groups excluding carboxylic acids is 1. The van der Waals surface area contributed by atoms with E-state index in [1.807, 2.05) is 91.0 Å². The second-order valence-corrected chi connectivity index (χ2v) is 7.54. The van der Waals surface area contributed by atoms with Crippen molar-refractivity contribution in [1.82, 2.24) is 0 Å². The summed E-state index contributed by atoms with van der Waals surface area (Å²) in [4.78, 5) is 23.5. The van der Waals surface area contributed by atoms with Crippen LogP contribution < -0.4 is 5.73 Å². The Hall–Kier alpha value is -2.89. The summed E-state index contributed by atoms with van der Waals surface area (Å²) in [6, 6.07) is 28.2. The topological polar surface area (TPSA) is 80.4 Å². The fraction of sp³-hybridized carbons (Fsp3) is 0.130. The average molecular weight is 391 g/mol. The minimum absolute atomic E-state index is 0.0217. The molecule has 0 heterocycles. The molecular weight excluding hydrogens is 370 g/mol. The first-order valence-corrected chi connectivity index (χ1v) is 9.86. The number of benzene rings is 3. The molecule has 28 heavy (non-hydrogen) atoms. The summed E-state index contributed by atoms with van der Waals surface area (Å²) in [5.41, 5.74) is 8.57. The first-order chi connectivity index (χ1) is 13.6. The summed E-state index contributed by atoms with van der Waals surface area (Å²) in [7, 11) is 0. The molecule has 0 fully saturated rings. The van der Waals surface area contributed by atoms with Gasteiger partial charge in [0, 0.05) is 0 Å². The van der Waals surface area contributed by atoms with Crippen molar-refractivity contribution in [1.29, 1.82) is 0 Å². The molecule has 0 radical (unpaired) electrons. The zero-order valence-electron chi connectivity index (χ0n) is 15.2. The maximum absolute atomic E-state index is 12.4. The average Bonchev–Trinajstić information content (AvgIpc) is 2.75. The normalized spacial score (nSPS) is 12.3. The SMILES string of the molecule is N[C@H](C(=O)O)C(=O)CSC(c1ccccc1)(c1ccccc1)c1ccccc1. The fourth-order valence-electron chi connectivity index (χ4n) is 3.18. The lowest BCUT2D eigenvalue weighted by Gasteiger charge is -2.35. The van der Waals surface area contributed by atoms with Crippen LogP contribution in [-0.2, 0) is 14.3 Å². The molecule has 0 amide bonds. The molecule has 0 saturated heterocycles. The van der Waals surface area contributed by atoms with E-state index in [1.165, 1.54) is 11.8 Å². The Morgan fingerprint density at radius 1 is 0.786 bits per heavy atom. The van der Waals surface area contributed by atoms with Crippen molar-refractivity contribution in [2.24, 2.45) is 5.73 Å².